The van der Waals surface area contributed by atoms with Gasteiger partial charge in [0.05, 0.1) is 11.7 Å². The maximum Gasteiger partial charge on any atom is 0.267 e. The van der Waals surface area contributed by atoms with Gasteiger partial charge < -0.3 is 5.32 Å². The molecule has 0 bridgehead atoms. The molecule has 3 aromatic rings. The average molecular weight is 354 g/mol. The van der Waals surface area contributed by atoms with E-state index >= 15 is 0 Å². The van der Waals surface area contributed by atoms with Gasteiger partial charge in [-0.2, -0.15) is 5.10 Å². The first-order chi connectivity index (χ1) is 12.3. The van der Waals surface area contributed by atoms with Crippen LogP contribution in [-0.2, 0) is 0 Å². The first-order valence-corrected chi connectivity index (χ1v) is 9.20. The van der Waals surface area contributed by atoms with Gasteiger partial charge in [0.25, 0.3) is 5.56 Å². The van der Waals surface area contributed by atoms with Crippen molar-refractivity contribution in [2.45, 2.75) is 37.8 Å². The van der Waals surface area contributed by atoms with Crippen LogP contribution in [0.25, 0.3) is 11.3 Å². The molecule has 4 rings (SSSR count). The molecular formula is C17H18N6OS. The third kappa shape index (κ3) is 3.58. The molecule has 1 saturated carbocycles. The second-order valence-corrected chi connectivity index (χ2v) is 6.97. The lowest BCUT2D eigenvalue weighted by Gasteiger charge is -2.29. The van der Waals surface area contributed by atoms with Crippen LogP contribution in [0.2, 0.25) is 0 Å². The molecule has 0 unspecified atom stereocenters. The van der Waals surface area contributed by atoms with Crippen LogP contribution in [0.1, 0.15) is 31.7 Å². The lowest BCUT2D eigenvalue weighted by Crippen LogP contribution is -2.33. The van der Waals surface area contributed by atoms with Crippen molar-refractivity contribution < 1.29 is 0 Å². The van der Waals surface area contributed by atoms with Gasteiger partial charge in [-0.1, -0.05) is 11.3 Å². The summed E-state index contributed by atoms with van der Waals surface area (Å²) in [6.45, 7) is 0. The van der Waals surface area contributed by atoms with Crippen LogP contribution in [-0.4, -0.2) is 31.0 Å². The van der Waals surface area contributed by atoms with Crippen molar-refractivity contribution in [3.05, 3.63) is 52.5 Å². The quantitative estimate of drug-likeness (QED) is 0.775. The molecule has 0 atom stereocenters. The summed E-state index contributed by atoms with van der Waals surface area (Å²) < 4.78 is 1.64. The lowest BCUT2D eigenvalue weighted by atomic mass is 9.91. The van der Waals surface area contributed by atoms with Gasteiger partial charge in [0, 0.05) is 30.1 Å². The molecule has 1 N–H and O–H groups in total. The Hall–Kier alpha value is -2.61. The van der Waals surface area contributed by atoms with Crippen LogP contribution < -0.4 is 10.9 Å². The van der Waals surface area contributed by atoms with Crippen molar-refractivity contribution in [3.63, 3.8) is 0 Å². The van der Waals surface area contributed by atoms with E-state index < -0.39 is 0 Å². The zero-order valence-electron chi connectivity index (χ0n) is 13.6. The fourth-order valence-electron chi connectivity index (χ4n) is 3.23. The van der Waals surface area contributed by atoms with Crippen molar-refractivity contribution in [2.75, 3.05) is 5.32 Å². The van der Waals surface area contributed by atoms with E-state index in [9.17, 15) is 4.79 Å². The third-order valence-electron chi connectivity index (χ3n) is 4.51. The summed E-state index contributed by atoms with van der Waals surface area (Å²) in [6.07, 6.45) is 7.29. The number of anilines is 1. The Balaban J connectivity index is 1.48. The fraction of sp³-hybridized carbons (Fsp3) is 0.353. The molecular weight excluding hydrogens is 336 g/mol. The highest BCUT2D eigenvalue weighted by Gasteiger charge is 2.24. The van der Waals surface area contributed by atoms with Crippen LogP contribution in [0.3, 0.4) is 0 Å². The van der Waals surface area contributed by atoms with Crippen LogP contribution in [0.15, 0.2) is 47.0 Å². The maximum absolute atomic E-state index is 12.3. The van der Waals surface area contributed by atoms with Crippen molar-refractivity contribution in [1.82, 2.24) is 25.0 Å². The smallest absolute Gasteiger partial charge is 0.267 e. The van der Waals surface area contributed by atoms with Crippen LogP contribution in [0.5, 0.6) is 0 Å². The average Bonchev–Trinajstić information content (AvgIpc) is 3.17. The first kappa shape index (κ1) is 15.9. The van der Waals surface area contributed by atoms with E-state index in [1.807, 2.05) is 12.1 Å². The van der Waals surface area contributed by atoms with E-state index in [0.29, 0.717) is 6.04 Å². The SMILES string of the molecule is O=c1ccc(-c2cccnc2)nn1C1CCC(Nc2nncs2)CC1. The zero-order chi connectivity index (χ0) is 17.1. The van der Waals surface area contributed by atoms with Crippen molar-refractivity contribution >= 4 is 16.5 Å². The van der Waals surface area contributed by atoms with Crippen LogP contribution >= 0.6 is 11.3 Å². The Morgan fingerprint density at radius 2 is 2.04 bits per heavy atom. The zero-order valence-corrected chi connectivity index (χ0v) is 14.4. The van der Waals surface area contributed by atoms with Gasteiger partial charge in [0.2, 0.25) is 5.13 Å². The van der Waals surface area contributed by atoms with Crippen LogP contribution in [0.4, 0.5) is 5.13 Å². The Bertz CT molecular complexity index is 872. The molecule has 3 aromatic heterocycles. The van der Waals surface area contributed by atoms with Gasteiger partial charge in [-0.3, -0.25) is 9.78 Å². The van der Waals surface area contributed by atoms with E-state index in [4.69, 9.17) is 0 Å². The van der Waals surface area contributed by atoms with E-state index in [-0.39, 0.29) is 11.6 Å². The standard InChI is InChI=1S/C17H18N6OS/c24-16-8-7-15(12-2-1-9-18-10-12)22-23(16)14-5-3-13(4-6-14)20-17-21-19-11-25-17/h1-2,7-11,13-14H,3-6H2,(H,20,21). The molecule has 1 aliphatic rings. The van der Waals surface area contributed by atoms with E-state index in [1.165, 1.54) is 11.3 Å². The predicted molar refractivity (Wildman–Crippen MR) is 96.6 cm³/mol. The van der Waals surface area contributed by atoms with Crippen molar-refractivity contribution in [2.24, 2.45) is 0 Å². The predicted octanol–water partition coefficient (Wildman–Crippen LogP) is 2.75. The highest BCUT2D eigenvalue weighted by atomic mass is 32.1. The van der Waals surface area contributed by atoms with Crippen molar-refractivity contribution in [3.8, 4) is 11.3 Å². The normalized spacial score (nSPS) is 20.3. The maximum atomic E-state index is 12.3. The molecule has 0 amide bonds. The summed E-state index contributed by atoms with van der Waals surface area (Å²) in [5.41, 5.74) is 3.37. The highest BCUT2D eigenvalue weighted by Crippen LogP contribution is 2.29. The molecule has 0 saturated heterocycles. The minimum absolute atomic E-state index is 0.0480. The number of aromatic nitrogens is 5. The number of nitrogens with one attached hydrogen (secondary N) is 1. The van der Waals surface area contributed by atoms with Gasteiger partial charge >= 0.3 is 0 Å². The highest BCUT2D eigenvalue weighted by molar-refractivity contribution is 7.13. The second-order valence-electron chi connectivity index (χ2n) is 6.14. The third-order valence-corrected chi connectivity index (χ3v) is 5.14. The molecule has 0 radical (unpaired) electrons. The second kappa shape index (κ2) is 7.10. The summed E-state index contributed by atoms with van der Waals surface area (Å²) in [4.78, 5) is 16.4. The van der Waals surface area contributed by atoms with Gasteiger partial charge in [-0.15, -0.1) is 10.2 Å². The topological polar surface area (TPSA) is 85.6 Å². The fourth-order valence-corrected chi connectivity index (χ4v) is 3.75. The molecule has 3 heterocycles. The molecule has 1 fully saturated rings. The minimum atomic E-state index is -0.0480. The summed E-state index contributed by atoms with van der Waals surface area (Å²) in [5.74, 6) is 0. The number of hydrogen-bond acceptors (Lipinski definition) is 7. The van der Waals surface area contributed by atoms with Gasteiger partial charge in [0.15, 0.2) is 0 Å². The molecule has 25 heavy (non-hydrogen) atoms. The molecule has 128 valence electrons. The Morgan fingerprint density at radius 1 is 1.16 bits per heavy atom. The van der Waals surface area contributed by atoms with Crippen molar-refractivity contribution in [1.29, 1.82) is 0 Å². The molecule has 0 aliphatic heterocycles. The minimum Gasteiger partial charge on any atom is -0.357 e. The largest absolute Gasteiger partial charge is 0.357 e. The summed E-state index contributed by atoms with van der Waals surface area (Å²) in [6, 6.07) is 7.70. The van der Waals surface area contributed by atoms with Crippen LogP contribution in [0, 0.1) is 0 Å². The Labute approximate surface area is 148 Å². The molecule has 1 aliphatic carbocycles. The Kier molecular flexibility index (Phi) is 4.51. The summed E-state index contributed by atoms with van der Waals surface area (Å²) in [7, 11) is 0. The van der Waals surface area contributed by atoms with Gasteiger partial charge in [-0.05, 0) is 43.9 Å². The lowest BCUT2D eigenvalue weighted by molar-refractivity contribution is 0.304. The monoisotopic (exact) mass is 354 g/mol. The first-order valence-electron chi connectivity index (χ1n) is 8.32. The number of rotatable bonds is 4. The summed E-state index contributed by atoms with van der Waals surface area (Å²) in [5, 5.41) is 16.7. The van der Waals surface area contributed by atoms with Gasteiger partial charge in [0.1, 0.15) is 5.51 Å². The molecule has 0 spiro atoms. The molecule has 0 aromatic carbocycles. The van der Waals surface area contributed by atoms with E-state index in [0.717, 1.165) is 42.1 Å². The van der Waals surface area contributed by atoms with E-state index in [1.54, 1.807) is 34.7 Å². The summed E-state index contributed by atoms with van der Waals surface area (Å²) >= 11 is 1.51. The molecule has 7 nitrogen and oxygen atoms in total. The molecule has 8 heteroatoms. The van der Waals surface area contributed by atoms with E-state index in [2.05, 4.69) is 25.6 Å². The van der Waals surface area contributed by atoms with Gasteiger partial charge in [-0.25, -0.2) is 4.68 Å². The number of hydrogen-bond donors (Lipinski definition) is 1. The Morgan fingerprint density at radius 3 is 2.76 bits per heavy atom. The number of nitrogens with zero attached hydrogens (tertiary/aromatic N) is 5. The number of pyridine rings is 1.